The van der Waals surface area contributed by atoms with E-state index < -0.39 is 10.8 Å². The van der Waals surface area contributed by atoms with Gasteiger partial charge in [-0.1, -0.05) is 13.3 Å². The molecule has 2 atom stereocenters. The lowest BCUT2D eigenvalue weighted by Gasteiger charge is -2.12. The van der Waals surface area contributed by atoms with Crippen molar-refractivity contribution in [3.8, 4) is 0 Å². The number of nitro groups is 1. The van der Waals surface area contributed by atoms with Crippen LogP contribution in [0.2, 0.25) is 0 Å². The smallest absolute Gasteiger partial charge is 0.282 e. The summed E-state index contributed by atoms with van der Waals surface area (Å²) < 4.78 is 0. The van der Waals surface area contributed by atoms with Crippen LogP contribution in [0.15, 0.2) is 18.2 Å². The van der Waals surface area contributed by atoms with Crippen LogP contribution < -0.4 is 16.6 Å². The van der Waals surface area contributed by atoms with Crippen LogP contribution in [0, 0.1) is 22.0 Å². The van der Waals surface area contributed by atoms with Crippen LogP contribution in [-0.4, -0.2) is 17.4 Å². The predicted octanol–water partition coefficient (Wildman–Crippen LogP) is 2.05. The van der Waals surface area contributed by atoms with Gasteiger partial charge in [-0.2, -0.15) is 0 Å². The lowest BCUT2D eigenvalue weighted by molar-refractivity contribution is -0.385. The van der Waals surface area contributed by atoms with Gasteiger partial charge in [-0.15, -0.1) is 0 Å². The number of nitrogens with one attached hydrogen (secondary N) is 2. The number of benzene rings is 1. The van der Waals surface area contributed by atoms with Crippen molar-refractivity contribution in [2.45, 2.75) is 26.2 Å². The third-order valence-electron chi connectivity index (χ3n) is 3.96. The molecule has 1 amide bonds. The summed E-state index contributed by atoms with van der Waals surface area (Å²) in [6, 6.07) is 4.14. The van der Waals surface area contributed by atoms with Gasteiger partial charge in [0.05, 0.1) is 4.92 Å². The van der Waals surface area contributed by atoms with E-state index in [2.05, 4.69) is 17.7 Å². The molecule has 1 aromatic carbocycles. The highest BCUT2D eigenvalue weighted by Gasteiger charge is 2.24. The van der Waals surface area contributed by atoms with Gasteiger partial charge in [-0.25, -0.2) is 0 Å². The van der Waals surface area contributed by atoms with E-state index in [0.717, 1.165) is 12.8 Å². The fraction of sp³-hybridized carbons (Fsp3) is 0.500. The fourth-order valence-corrected chi connectivity index (χ4v) is 2.81. The molecule has 4 N–H and O–H groups in total. The molecule has 0 bridgehead atoms. The van der Waals surface area contributed by atoms with Crippen molar-refractivity contribution in [1.82, 2.24) is 5.32 Å². The Labute approximate surface area is 123 Å². The van der Waals surface area contributed by atoms with Crippen LogP contribution in [0.4, 0.5) is 11.4 Å². The van der Waals surface area contributed by atoms with Crippen molar-refractivity contribution in [2.75, 3.05) is 12.0 Å². The molecule has 1 saturated carbocycles. The van der Waals surface area contributed by atoms with Crippen LogP contribution in [-0.2, 0) is 0 Å². The Balaban J connectivity index is 2.08. The first kappa shape index (κ1) is 15.2. The van der Waals surface area contributed by atoms with Gasteiger partial charge in [0.1, 0.15) is 5.56 Å². The molecule has 2 rings (SSSR count). The summed E-state index contributed by atoms with van der Waals surface area (Å²) in [5, 5.41) is 13.8. The summed E-state index contributed by atoms with van der Waals surface area (Å²) in [5.74, 6) is 5.99. The number of nitrogen functional groups attached to an aromatic ring is 1. The Kier molecular flexibility index (Phi) is 4.74. The van der Waals surface area contributed by atoms with E-state index in [1.807, 2.05) is 0 Å². The zero-order chi connectivity index (χ0) is 15.4. The molecule has 1 aromatic rings. The molecule has 21 heavy (non-hydrogen) atoms. The summed E-state index contributed by atoms with van der Waals surface area (Å²) in [5.41, 5.74) is 2.66. The van der Waals surface area contributed by atoms with Crippen LogP contribution in [0.5, 0.6) is 0 Å². The van der Waals surface area contributed by atoms with E-state index in [0.29, 0.717) is 24.1 Å². The maximum absolute atomic E-state index is 12.2. The average Bonchev–Trinajstić information content (AvgIpc) is 2.89. The quantitative estimate of drug-likeness (QED) is 0.437. The predicted molar refractivity (Wildman–Crippen MR) is 79.7 cm³/mol. The molecular weight excluding hydrogens is 272 g/mol. The first-order valence-corrected chi connectivity index (χ1v) is 7.04. The summed E-state index contributed by atoms with van der Waals surface area (Å²) in [6.07, 6.45) is 3.36. The third kappa shape index (κ3) is 3.69. The number of nitro benzene ring substituents is 1. The molecule has 0 radical (unpaired) electrons. The zero-order valence-electron chi connectivity index (χ0n) is 12.0. The lowest BCUT2D eigenvalue weighted by Crippen LogP contribution is -2.29. The van der Waals surface area contributed by atoms with Gasteiger partial charge in [-0.3, -0.25) is 20.8 Å². The molecule has 0 aliphatic heterocycles. The molecule has 0 heterocycles. The van der Waals surface area contributed by atoms with Crippen LogP contribution in [0.25, 0.3) is 0 Å². The van der Waals surface area contributed by atoms with E-state index in [9.17, 15) is 14.9 Å². The minimum Gasteiger partial charge on any atom is -0.352 e. The molecular formula is C14H20N4O3. The van der Waals surface area contributed by atoms with E-state index in [4.69, 9.17) is 5.84 Å². The summed E-state index contributed by atoms with van der Waals surface area (Å²) in [6.45, 7) is 2.75. The Morgan fingerprint density at radius 2 is 2.24 bits per heavy atom. The number of hydrazine groups is 1. The molecule has 7 nitrogen and oxygen atoms in total. The summed E-state index contributed by atoms with van der Waals surface area (Å²) in [7, 11) is 0. The monoisotopic (exact) mass is 292 g/mol. The van der Waals surface area contributed by atoms with Gasteiger partial charge in [-0.05, 0) is 36.8 Å². The standard InChI is InChI=1S/C14H20N4O3/c1-9-2-3-10(6-9)8-16-14(19)12-7-11(17-15)4-5-13(12)18(20)21/h4-5,7,9-10,17H,2-3,6,8,15H2,1H3,(H,16,19). The van der Waals surface area contributed by atoms with Gasteiger partial charge in [0.25, 0.3) is 11.6 Å². The van der Waals surface area contributed by atoms with Gasteiger partial charge < -0.3 is 10.7 Å². The summed E-state index contributed by atoms with van der Waals surface area (Å²) in [4.78, 5) is 22.6. The number of carbonyl (C=O) groups excluding carboxylic acids is 1. The molecule has 1 aliphatic rings. The fourth-order valence-electron chi connectivity index (χ4n) is 2.81. The molecule has 1 aliphatic carbocycles. The Hall–Kier alpha value is -2.15. The maximum atomic E-state index is 12.2. The number of hydrogen-bond donors (Lipinski definition) is 3. The normalized spacial score (nSPS) is 21.0. The number of nitrogens with zero attached hydrogens (tertiary/aromatic N) is 1. The van der Waals surface area contributed by atoms with Crippen molar-refractivity contribution in [3.63, 3.8) is 0 Å². The minimum atomic E-state index is -0.563. The zero-order valence-corrected chi connectivity index (χ0v) is 12.0. The molecule has 0 spiro atoms. The molecule has 114 valence electrons. The van der Waals surface area contributed by atoms with Gasteiger partial charge in [0.2, 0.25) is 0 Å². The minimum absolute atomic E-state index is 0.0292. The van der Waals surface area contributed by atoms with Gasteiger partial charge in [0, 0.05) is 18.3 Å². The number of rotatable bonds is 5. The maximum Gasteiger partial charge on any atom is 0.282 e. The van der Waals surface area contributed by atoms with E-state index in [-0.39, 0.29) is 11.3 Å². The number of carbonyl (C=O) groups is 1. The Bertz CT molecular complexity index is 547. The third-order valence-corrected chi connectivity index (χ3v) is 3.96. The number of nitrogens with two attached hydrogens (primary N) is 1. The Morgan fingerprint density at radius 3 is 2.81 bits per heavy atom. The second-order valence-electron chi connectivity index (χ2n) is 5.63. The second-order valence-corrected chi connectivity index (χ2v) is 5.63. The molecule has 1 fully saturated rings. The highest BCUT2D eigenvalue weighted by molar-refractivity contribution is 5.99. The highest BCUT2D eigenvalue weighted by Crippen LogP contribution is 2.30. The lowest BCUT2D eigenvalue weighted by atomic mass is 10.1. The van der Waals surface area contributed by atoms with E-state index in [1.165, 1.54) is 24.6 Å². The van der Waals surface area contributed by atoms with Crippen molar-refractivity contribution in [2.24, 2.45) is 17.7 Å². The number of hydrogen-bond acceptors (Lipinski definition) is 5. The Morgan fingerprint density at radius 1 is 1.48 bits per heavy atom. The van der Waals surface area contributed by atoms with Gasteiger partial charge in [0.15, 0.2) is 0 Å². The van der Waals surface area contributed by atoms with Crippen molar-refractivity contribution in [1.29, 1.82) is 0 Å². The van der Waals surface area contributed by atoms with Crippen LogP contribution >= 0.6 is 0 Å². The SMILES string of the molecule is CC1CCC(CNC(=O)c2cc(NN)ccc2[N+](=O)[O-])C1. The van der Waals surface area contributed by atoms with Crippen molar-refractivity contribution < 1.29 is 9.72 Å². The first-order valence-electron chi connectivity index (χ1n) is 7.04. The number of amides is 1. The number of anilines is 1. The second kappa shape index (κ2) is 6.53. The topological polar surface area (TPSA) is 110 Å². The average molecular weight is 292 g/mol. The van der Waals surface area contributed by atoms with Crippen LogP contribution in [0.1, 0.15) is 36.5 Å². The first-order chi connectivity index (χ1) is 10.0. The van der Waals surface area contributed by atoms with Gasteiger partial charge >= 0.3 is 0 Å². The molecule has 0 saturated heterocycles. The molecule has 7 heteroatoms. The van der Waals surface area contributed by atoms with E-state index in [1.54, 1.807) is 0 Å². The van der Waals surface area contributed by atoms with Crippen molar-refractivity contribution >= 4 is 17.3 Å². The summed E-state index contributed by atoms with van der Waals surface area (Å²) >= 11 is 0. The van der Waals surface area contributed by atoms with Crippen LogP contribution in [0.3, 0.4) is 0 Å². The molecule has 2 unspecified atom stereocenters. The molecule has 0 aromatic heterocycles. The largest absolute Gasteiger partial charge is 0.352 e. The highest BCUT2D eigenvalue weighted by atomic mass is 16.6. The van der Waals surface area contributed by atoms with E-state index >= 15 is 0 Å². The van der Waals surface area contributed by atoms with Crippen molar-refractivity contribution in [3.05, 3.63) is 33.9 Å².